The van der Waals surface area contributed by atoms with Crippen molar-refractivity contribution in [3.05, 3.63) is 53.3 Å². The Balaban J connectivity index is 0.00000225. The number of aromatic nitrogens is 2. The molecule has 0 bridgehead atoms. The minimum absolute atomic E-state index is 0. The molecule has 1 aliphatic heterocycles. The Bertz CT molecular complexity index is 696. The first-order valence-electron chi connectivity index (χ1n) is 8.60. The first kappa shape index (κ1) is 19.5. The fourth-order valence-corrected chi connectivity index (χ4v) is 3.28. The Morgan fingerprint density at radius 2 is 2.04 bits per heavy atom. The molecule has 0 saturated carbocycles. The van der Waals surface area contributed by atoms with E-state index in [1.165, 1.54) is 5.56 Å². The third-order valence-electron chi connectivity index (χ3n) is 4.82. The molecule has 3 rings (SSSR count). The van der Waals surface area contributed by atoms with E-state index in [-0.39, 0.29) is 30.2 Å². The van der Waals surface area contributed by atoms with Gasteiger partial charge in [0.2, 0.25) is 5.91 Å². The summed E-state index contributed by atoms with van der Waals surface area (Å²) >= 11 is 0. The summed E-state index contributed by atoms with van der Waals surface area (Å²) in [7, 11) is 1.90. The predicted molar refractivity (Wildman–Crippen MR) is 102 cm³/mol. The number of carbonyl (C=O) groups is 1. The van der Waals surface area contributed by atoms with Crippen LogP contribution in [0.4, 0.5) is 0 Å². The molecule has 1 fully saturated rings. The average Bonchev–Trinajstić information content (AvgIpc) is 3.21. The quantitative estimate of drug-likeness (QED) is 0.859. The highest BCUT2D eigenvalue weighted by atomic mass is 35.5. The Hall–Kier alpha value is -1.85. The number of hydrogen-bond acceptors (Lipinski definition) is 3. The van der Waals surface area contributed by atoms with Gasteiger partial charge < -0.3 is 10.6 Å². The average molecular weight is 363 g/mol. The molecule has 1 aromatic heterocycles. The van der Waals surface area contributed by atoms with Gasteiger partial charge in [-0.2, -0.15) is 5.10 Å². The van der Waals surface area contributed by atoms with Gasteiger partial charge in [-0.3, -0.25) is 9.48 Å². The van der Waals surface area contributed by atoms with Crippen molar-refractivity contribution in [2.75, 3.05) is 13.1 Å². The molecule has 1 aliphatic rings. The van der Waals surface area contributed by atoms with E-state index in [4.69, 9.17) is 0 Å². The second kappa shape index (κ2) is 8.50. The zero-order valence-electron chi connectivity index (χ0n) is 15.0. The SMILES string of the molecule is CC(C)c1ccc(CNC(=O)[C@H]2CNC[C@@H]2c2cnn(C)c2)cc1.Cl. The van der Waals surface area contributed by atoms with Crippen molar-refractivity contribution in [1.82, 2.24) is 20.4 Å². The smallest absolute Gasteiger partial charge is 0.225 e. The standard InChI is InChI=1S/C19H26N4O.ClH/c1-13(2)15-6-4-14(5-7-15)8-21-19(24)18-11-20-10-17(18)16-9-22-23(3)12-16;/h4-7,9,12-13,17-18,20H,8,10-11H2,1-3H3,(H,21,24);1H/t17-,18+;/m1./s1. The lowest BCUT2D eigenvalue weighted by atomic mass is 9.90. The third kappa shape index (κ3) is 4.61. The van der Waals surface area contributed by atoms with Crippen LogP contribution in [0.15, 0.2) is 36.7 Å². The monoisotopic (exact) mass is 362 g/mol. The summed E-state index contributed by atoms with van der Waals surface area (Å²) in [6.45, 7) is 6.49. The van der Waals surface area contributed by atoms with Crippen LogP contribution < -0.4 is 10.6 Å². The van der Waals surface area contributed by atoms with Crippen LogP contribution in [0.5, 0.6) is 0 Å². The lowest BCUT2D eigenvalue weighted by Crippen LogP contribution is -2.33. The van der Waals surface area contributed by atoms with Gasteiger partial charge in [-0.1, -0.05) is 38.1 Å². The van der Waals surface area contributed by atoms with E-state index in [0.717, 1.165) is 24.2 Å². The van der Waals surface area contributed by atoms with Gasteiger partial charge in [0.25, 0.3) is 0 Å². The number of carbonyl (C=O) groups excluding carboxylic acids is 1. The lowest BCUT2D eigenvalue weighted by Gasteiger charge is -2.17. The highest BCUT2D eigenvalue weighted by molar-refractivity contribution is 5.85. The normalized spacial score (nSPS) is 19.7. The number of nitrogens with zero attached hydrogens (tertiary/aromatic N) is 2. The van der Waals surface area contributed by atoms with E-state index < -0.39 is 0 Å². The molecular weight excluding hydrogens is 336 g/mol. The first-order chi connectivity index (χ1) is 11.5. The van der Waals surface area contributed by atoms with Crippen LogP contribution in [0.2, 0.25) is 0 Å². The number of benzene rings is 1. The fourth-order valence-electron chi connectivity index (χ4n) is 3.28. The van der Waals surface area contributed by atoms with Crippen LogP contribution in [0.1, 0.15) is 42.4 Å². The van der Waals surface area contributed by atoms with E-state index in [9.17, 15) is 4.79 Å². The van der Waals surface area contributed by atoms with Crippen molar-refractivity contribution >= 4 is 18.3 Å². The maximum atomic E-state index is 12.6. The molecular formula is C19H27ClN4O. The number of hydrogen-bond donors (Lipinski definition) is 2. The van der Waals surface area contributed by atoms with Crippen LogP contribution in [0, 0.1) is 5.92 Å². The molecule has 1 amide bonds. The molecule has 25 heavy (non-hydrogen) atoms. The van der Waals surface area contributed by atoms with E-state index in [2.05, 4.69) is 53.8 Å². The molecule has 2 atom stereocenters. The molecule has 1 saturated heterocycles. The topological polar surface area (TPSA) is 59.0 Å². The molecule has 5 nitrogen and oxygen atoms in total. The minimum Gasteiger partial charge on any atom is -0.352 e. The summed E-state index contributed by atoms with van der Waals surface area (Å²) in [5, 5.41) is 10.6. The van der Waals surface area contributed by atoms with E-state index in [1.807, 2.05) is 19.4 Å². The second-order valence-electron chi connectivity index (χ2n) is 6.93. The molecule has 0 spiro atoms. The largest absolute Gasteiger partial charge is 0.352 e. The van der Waals surface area contributed by atoms with Crippen LogP contribution >= 0.6 is 12.4 Å². The number of rotatable bonds is 5. The molecule has 0 aliphatic carbocycles. The van der Waals surface area contributed by atoms with Crippen molar-refractivity contribution in [3.8, 4) is 0 Å². The Morgan fingerprint density at radius 3 is 2.64 bits per heavy atom. The van der Waals surface area contributed by atoms with E-state index in [1.54, 1.807) is 4.68 Å². The molecule has 2 aromatic rings. The van der Waals surface area contributed by atoms with Crippen molar-refractivity contribution in [3.63, 3.8) is 0 Å². The summed E-state index contributed by atoms with van der Waals surface area (Å²) in [5.74, 6) is 0.798. The Kier molecular flexibility index (Phi) is 6.62. The third-order valence-corrected chi connectivity index (χ3v) is 4.82. The number of aryl methyl sites for hydroxylation is 1. The van der Waals surface area contributed by atoms with Crippen molar-refractivity contribution < 1.29 is 4.79 Å². The second-order valence-corrected chi connectivity index (χ2v) is 6.93. The van der Waals surface area contributed by atoms with Gasteiger partial charge in [-0.15, -0.1) is 12.4 Å². The summed E-state index contributed by atoms with van der Waals surface area (Å²) in [4.78, 5) is 12.6. The van der Waals surface area contributed by atoms with Gasteiger partial charge in [-0.05, 0) is 22.6 Å². The van der Waals surface area contributed by atoms with Gasteiger partial charge in [0.05, 0.1) is 12.1 Å². The summed E-state index contributed by atoms with van der Waals surface area (Å²) in [5.41, 5.74) is 3.59. The van der Waals surface area contributed by atoms with Crippen LogP contribution in [-0.4, -0.2) is 28.8 Å². The van der Waals surface area contributed by atoms with E-state index in [0.29, 0.717) is 12.5 Å². The zero-order chi connectivity index (χ0) is 17.1. The van der Waals surface area contributed by atoms with Gasteiger partial charge in [0.1, 0.15) is 0 Å². The van der Waals surface area contributed by atoms with E-state index >= 15 is 0 Å². The maximum absolute atomic E-state index is 12.6. The van der Waals surface area contributed by atoms with Gasteiger partial charge >= 0.3 is 0 Å². The Labute approximate surface area is 155 Å². The predicted octanol–water partition coefficient (Wildman–Crippen LogP) is 2.58. The zero-order valence-corrected chi connectivity index (χ0v) is 15.8. The summed E-state index contributed by atoms with van der Waals surface area (Å²) in [6.07, 6.45) is 3.87. The van der Waals surface area contributed by atoms with Gasteiger partial charge in [0.15, 0.2) is 0 Å². The maximum Gasteiger partial charge on any atom is 0.225 e. The molecule has 0 radical (unpaired) electrons. The van der Waals surface area contributed by atoms with Crippen LogP contribution in [0.3, 0.4) is 0 Å². The Morgan fingerprint density at radius 1 is 1.32 bits per heavy atom. The molecule has 6 heteroatoms. The molecule has 2 heterocycles. The first-order valence-corrected chi connectivity index (χ1v) is 8.60. The molecule has 2 N–H and O–H groups in total. The minimum atomic E-state index is -0.0378. The van der Waals surface area contributed by atoms with Crippen molar-refractivity contribution in [2.45, 2.75) is 32.2 Å². The highest BCUT2D eigenvalue weighted by Gasteiger charge is 2.34. The van der Waals surface area contributed by atoms with Gasteiger partial charge in [0, 0.05) is 38.8 Å². The molecule has 0 unspecified atom stereocenters. The lowest BCUT2D eigenvalue weighted by molar-refractivity contribution is -0.125. The molecule has 136 valence electrons. The fraction of sp³-hybridized carbons (Fsp3) is 0.474. The van der Waals surface area contributed by atoms with Crippen molar-refractivity contribution in [2.24, 2.45) is 13.0 Å². The van der Waals surface area contributed by atoms with Crippen LogP contribution in [-0.2, 0) is 18.4 Å². The number of nitrogens with one attached hydrogen (secondary N) is 2. The van der Waals surface area contributed by atoms with Gasteiger partial charge in [-0.25, -0.2) is 0 Å². The number of halogens is 1. The summed E-state index contributed by atoms with van der Waals surface area (Å²) < 4.78 is 1.79. The summed E-state index contributed by atoms with van der Waals surface area (Å²) in [6, 6.07) is 8.48. The van der Waals surface area contributed by atoms with Crippen LogP contribution in [0.25, 0.3) is 0 Å². The number of amides is 1. The highest BCUT2D eigenvalue weighted by Crippen LogP contribution is 2.28. The van der Waals surface area contributed by atoms with Crippen molar-refractivity contribution in [1.29, 1.82) is 0 Å². The molecule has 1 aromatic carbocycles.